The van der Waals surface area contributed by atoms with E-state index < -0.39 is 0 Å². The Kier molecular flexibility index (Phi) is 5.72. The van der Waals surface area contributed by atoms with Crippen LogP contribution in [0.1, 0.15) is 45.0 Å². The van der Waals surface area contributed by atoms with Gasteiger partial charge in [-0.3, -0.25) is 0 Å². The molecular formula is C18H28N6OS. The molecule has 0 amide bonds. The average Bonchev–Trinajstić information content (AvgIpc) is 3.10. The maximum absolute atomic E-state index is 5.29. The van der Waals surface area contributed by atoms with Crippen molar-refractivity contribution >= 4 is 22.5 Å². The molecule has 2 aromatic heterocycles. The molecule has 142 valence electrons. The molecule has 0 bridgehead atoms. The summed E-state index contributed by atoms with van der Waals surface area (Å²) in [7, 11) is 1.70. The van der Waals surface area contributed by atoms with Crippen LogP contribution in [-0.4, -0.2) is 52.6 Å². The van der Waals surface area contributed by atoms with Gasteiger partial charge in [0.1, 0.15) is 17.5 Å². The average molecular weight is 377 g/mol. The predicted molar refractivity (Wildman–Crippen MR) is 105 cm³/mol. The Bertz CT molecular complexity index is 734. The quantitative estimate of drug-likeness (QED) is 0.795. The van der Waals surface area contributed by atoms with Crippen molar-refractivity contribution in [2.24, 2.45) is 0 Å². The minimum Gasteiger partial charge on any atom is -0.378 e. The molecule has 8 heteroatoms. The molecule has 1 aliphatic heterocycles. The standard InChI is InChI=1S/C18H28N6OS/c1-6-14-20-17(26-22-14)24-9-7-23(8-10-24)15-11-13(12-25-5)19-16(21-15)18(2,3)4/h11H,6-10,12H2,1-5H3. The zero-order valence-electron chi connectivity index (χ0n) is 16.3. The summed E-state index contributed by atoms with van der Waals surface area (Å²) in [5.41, 5.74) is 0.838. The molecule has 1 fully saturated rings. The van der Waals surface area contributed by atoms with E-state index in [0.717, 1.165) is 60.9 Å². The molecule has 0 aromatic carbocycles. The summed E-state index contributed by atoms with van der Waals surface area (Å²) in [6.07, 6.45) is 0.884. The maximum Gasteiger partial charge on any atom is 0.205 e. The number of anilines is 2. The third-order valence-electron chi connectivity index (χ3n) is 4.38. The summed E-state index contributed by atoms with van der Waals surface area (Å²) in [5.74, 6) is 2.78. The van der Waals surface area contributed by atoms with Gasteiger partial charge in [-0.15, -0.1) is 0 Å². The van der Waals surface area contributed by atoms with Crippen molar-refractivity contribution in [3.63, 3.8) is 0 Å². The number of aromatic nitrogens is 4. The number of hydrogen-bond acceptors (Lipinski definition) is 8. The van der Waals surface area contributed by atoms with Gasteiger partial charge >= 0.3 is 0 Å². The van der Waals surface area contributed by atoms with Crippen LogP contribution < -0.4 is 9.80 Å². The molecule has 1 saturated heterocycles. The number of piperazine rings is 1. The Morgan fingerprint density at radius 2 is 1.77 bits per heavy atom. The Balaban J connectivity index is 1.74. The fourth-order valence-electron chi connectivity index (χ4n) is 2.85. The second kappa shape index (κ2) is 7.84. The van der Waals surface area contributed by atoms with Gasteiger partial charge < -0.3 is 14.5 Å². The van der Waals surface area contributed by atoms with Crippen molar-refractivity contribution < 1.29 is 4.74 Å². The van der Waals surface area contributed by atoms with Crippen LogP contribution in [0.25, 0.3) is 0 Å². The summed E-state index contributed by atoms with van der Waals surface area (Å²) in [4.78, 5) is 18.8. The summed E-state index contributed by atoms with van der Waals surface area (Å²) in [5, 5.41) is 1.03. The summed E-state index contributed by atoms with van der Waals surface area (Å²) < 4.78 is 9.69. The van der Waals surface area contributed by atoms with Crippen LogP contribution in [0.2, 0.25) is 0 Å². The molecular weight excluding hydrogens is 348 g/mol. The smallest absolute Gasteiger partial charge is 0.205 e. The van der Waals surface area contributed by atoms with Crippen LogP contribution in [0.15, 0.2) is 6.07 Å². The second-order valence-corrected chi connectivity index (χ2v) is 8.28. The number of hydrogen-bond donors (Lipinski definition) is 0. The Labute approximate surface area is 159 Å². The zero-order chi connectivity index (χ0) is 18.7. The van der Waals surface area contributed by atoms with Gasteiger partial charge in [0, 0.05) is 62.7 Å². The van der Waals surface area contributed by atoms with Crippen molar-refractivity contribution in [3.05, 3.63) is 23.4 Å². The first-order valence-corrected chi connectivity index (χ1v) is 9.88. The minimum atomic E-state index is -0.0938. The van der Waals surface area contributed by atoms with E-state index >= 15 is 0 Å². The summed E-state index contributed by atoms with van der Waals surface area (Å²) in [6.45, 7) is 12.7. The van der Waals surface area contributed by atoms with E-state index in [0.29, 0.717) is 6.61 Å². The van der Waals surface area contributed by atoms with E-state index in [-0.39, 0.29) is 5.41 Å². The number of nitrogens with zero attached hydrogens (tertiary/aromatic N) is 6. The number of aryl methyl sites for hydroxylation is 1. The van der Waals surface area contributed by atoms with E-state index in [9.17, 15) is 0 Å². The first kappa shape index (κ1) is 19.0. The topological polar surface area (TPSA) is 67.3 Å². The third kappa shape index (κ3) is 4.29. The van der Waals surface area contributed by atoms with Gasteiger partial charge in [-0.05, 0) is 0 Å². The fourth-order valence-corrected chi connectivity index (χ4v) is 3.65. The fraction of sp³-hybridized carbons (Fsp3) is 0.667. The van der Waals surface area contributed by atoms with Crippen LogP contribution in [0.4, 0.5) is 10.9 Å². The molecule has 3 heterocycles. The molecule has 26 heavy (non-hydrogen) atoms. The molecule has 0 unspecified atom stereocenters. The molecule has 0 radical (unpaired) electrons. The lowest BCUT2D eigenvalue weighted by Gasteiger charge is -2.35. The lowest BCUT2D eigenvalue weighted by atomic mass is 9.95. The van der Waals surface area contributed by atoms with E-state index in [1.165, 1.54) is 11.5 Å². The summed E-state index contributed by atoms with van der Waals surface area (Å²) >= 11 is 1.50. The first-order chi connectivity index (χ1) is 12.4. The van der Waals surface area contributed by atoms with E-state index in [4.69, 9.17) is 9.72 Å². The highest BCUT2D eigenvalue weighted by atomic mass is 32.1. The molecule has 0 N–H and O–H groups in total. The molecule has 1 aliphatic rings. The minimum absolute atomic E-state index is 0.0938. The van der Waals surface area contributed by atoms with Crippen LogP contribution in [-0.2, 0) is 23.2 Å². The SMILES string of the molecule is CCc1nsc(N2CCN(c3cc(COC)nc(C(C)(C)C)n3)CC2)n1. The molecule has 2 aromatic rings. The van der Waals surface area contributed by atoms with Crippen molar-refractivity contribution in [2.45, 2.75) is 46.1 Å². The van der Waals surface area contributed by atoms with Crippen molar-refractivity contribution in [1.82, 2.24) is 19.3 Å². The van der Waals surface area contributed by atoms with Crippen LogP contribution in [0.5, 0.6) is 0 Å². The normalized spacial score (nSPS) is 15.6. The Morgan fingerprint density at radius 1 is 1.08 bits per heavy atom. The number of ether oxygens (including phenoxy) is 1. The Hall–Kier alpha value is -1.80. The maximum atomic E-state index is 5.29. The van der Waals surface area contributed by atoms with Crippen LogP contribution in [0, 0.1) is 0 Å². The summed E-state index contributed by atoms with van der Waals surface area (Å²) in [6, 6.07) is 2.05. The number of methoxy groups -OCH3 is 1. The van der Waals surface area contributed by atoms with Crippen LogP contribution >= 0.6 is 11.5 Å². The third-order valence-corrected chi connectivity index (χ3v) is 5.19. The largest absolute Gasteiger partial charge is 0.378 e. The molecule has 7 nitrogen and oxygen atoms in total. The van der Waals surface area contributed by atoms with Gasteiger partial charge in [-0.1, -0.05) is 27.7 Å². The van der Waals surface area contributed by atoms with E-state index in [2.05, 4.69) is 57.9 Å². The number of rotatable bonds is 5. The van der Waals surface area contributed by atoms with Gasteiger partial charge in [0.05, 0.1) is 12.3 Å². The van der Waals surface area contributed by atoms with Crippen LogP contribution in [0.3, 0.4) is 0 Å². The predicted octanol–water partition coefficient (Wildman–Crippen LogP) is 2.66. The van der Waals surface area contributed by atoms with Gasteiger partial charge in [-0.25, -0.2) is 15.0 Å². The monoisotopic (exact) mass is 376 g/mol. The highest BCUT2D eigenvalue weighted by molar-refractivity contribution is 7.09. The van der Waals surface area contributed by atoms with E-state index in [1.54, 1.807) is 7.11 Å². The Morgan fingerprint density at radius 3 is 2.35 bits per heavy atom. The lowest BCUT2D eigenvalue weighted by Crippen LogP contribution is -2.47. The first-order valence-electron chi connectivity index (χ1n) is 9.10. The lowest BCUT2D eigenvalue weighted by molar-refractivity contribution is 0.181. The van der Waals surface area contributed by atoms with Crippen molar-refractivity contribution in [1.29, 1.82) is 0 Å². The second-order valence-electron chi connectivity index (χ2n) is 7.54. The zero-order valence-corrected chi connectivity index (χ0v) is 17.1. The highest BCUT2D eigenvalue weighted by Gasteiger charge is 2.24. The molecule has 0 spiro atoms. The highest BCUT2D eigenvalue weighted by Crippen LogP contribution is 2.25. The molecule has 0 aliphatic carbocycles. The van der Waals surface area contributed by atoms with Gasteiger partial charge in [0.15, 0.2) is 0 Å². The van der Waals surface area contributed by atoms with E-state index in [1.807, 2.05) is 0 Å². The molecule has 0 atom stereocenters. The van der Waals surface area contributed by atoms with Gasteiger partial charge in [0.2, 0.25) is 5.13 Å². The molecule has 3 rings (SSSR count). The van der Waals surface area contributed by atoms with Gasteiger partial charge in [0.25, 0.3) is 0 Å². The molecule has 0 saturated carbocycles. The van der Waals surface area contributed by atoms with Crippen molar-refractivity contribution in [2.75, 3.05) is 43.1 Å². The van der Waals surface area contributed by atoms with Crippen molar-refractivity contribution in [3.8, 4) is 0 Å². The van der Waals surface area contributed by atoms with Gasteiger partial charge in [-0.2, -0.15) is 4.37 Å².